The fraction of sp³-hybridized carbons (Fsp3) is 0.429. The zero-order valence-electron chi connectivity index (χ0n) is 10.9. The van der Waals surface area contributed by atoms with Crippen molar-refractivity contribution in [2.45, 2.75) is 25.3 Å². The molecule has 2 N–H and O–H groups in total. The number of aromatic nitrogens is 2. The maximum Gasteiger partial charge on any atom is 0.112 e. The standard InChI is InChI=1S/C14H17BrN4/c1-14(3-6-16-7-4-14)19-11-2-5-17-12-8-10(15)9-18-13(11)12/h2,5,8-9,16H,3-4,6-7H2,1H3,(H,17,19). The molecule has 0 spiro atoms. The minimum absolute atomic E-state index is 0.133. The highest BCUT2D eigenvalue weighted by Gasteiger charge is 2.26. The van der Waals surface area contributed by atoms with E-state index in [0.29, 0.717) is 0 Å². The van der Waals surface area contributed by atoms with Gasteiger partial charge in [0.1, 0.15) is 5.52 Å². The molecule has 2 aromatic heterocycles. The number of nitrogens with zero attached hydrogens (tertiary/aromatic N) is 2. The van der Waals surface area contributed by atoms with E-state index in [0.717, 1.165) is 47.1 Å². The molecule has 0 amide bonds. The topological polar surface area (TPSA) is 49.8 Å². The third-order valence-corrected chi connectivity index (χ3v) is 4.12. The van der Waals surface area contributed by atoms with Crippen LogP contribution in [-0.2, 0) is 0 Å². The van der Waals surface area contributed by atoms with Crippen LogP contribution in [-0.4, -0.2) is 28.6 Å². The van der Waals surface area contributed by atoms with Crippen molar-refractivity contribution in [1.29, 1.82) is 0 Å². The average molecular weight is 321 g/mol. The van der Waals surface area contributed by atoms with Gasteiger partial charge in [-0.15, -0.1) is 0 Å². The van der Waals surface area contributed by atoms with E-state index >= 15 is 0 Å². The van der Waals surface area contributed by atoms with Crippen molar-refractivity contribution in [3.8, 4) is 0 Å². The lowest BCUT2D eigenvalue weighted by atomic mass is 9.90. The Morgan fingerprint density at radius 1 is 1.32 bits per heavy atom. The highest BCUT2D eigenvalue weighted by molar-refractivity contribution is 9.10. The van der Waals surface area contributed by atoms with Crippen LogP contribution in [0.15, 0.2) is 29.0 Å². The van der Waals surface area contributed by atoms with Crippen molar-refractivity contribution in [3.05, 3.63) is 29.0 Å². The quantitative estimate of drug-likeness (QED) is 0.893. The van der Waals surface area contributed by atoms with Crippen LogP contribution < -0.4 is 10.6 Å². The molecule has 1 aliphatic heterocycles. The van der Waals surface area contributed by atoms with Gasteiger partial charge in [0, 0.05) is 22.4 Å². The summed E-state index contributed by atoms with van der Waals surface area (Å²) in [5.74, 6) is 0. The van der Waals surface area contributed by atoms with Gasteiger partial charge in [0.15, 0.2) is 0 Å². The summed E-state index contributed by atoms with van der Waals surface area (Å²) >= 11 is 3.43. The number of anilines is 1. The monoisotopic (exact) mass is 320 g/mol. The number of pyridine rings is 2. The first-order valence-corrected chi connectivity index (χ1v) is 7.35. The Hall–Kier alpha value is -1.20. The fourth-order valence-corrected chi connectivity index (χ4v) is 2.85. The van der Waals surface area contributed by atoms with E-state index in [2.05, 4.69) is 43.5 Å². The van der Waals surface area contributed by atoms with Crippen molar-refractivity contribution in [2.24, 2.45) is 0 Å². The average Bonchev–Trinajstić information content (AvgIpc) is 2.39. The Balaban J connectivity index is 1.96. The van der Waals surface area contributed by atoms with Gasteiger partial charge >= 0.3 is 0 Å². The lowest BCUT2D eigenvalue weighted by Gasteiger charge is -2.36. The lowest BCUT2D eigenvalue weighted by molar-refractivity contribution is 0.365. The Morgan fingerprint density at radius 3 is 2.89 bits per heavy atom. The maximum absolute atomic E-state index is 4.49. The summed E-state index contributed by atoms with van der Waals surface area (Å²) in [5.41, 5.74) is 3.05. The zero-order chi connectivity index (χ0) is 13.3. The highest BCUT2D eigenvalue weighted by atomic mass is 79.9. The van der Waals surface area contributed by atoms with Gasteiger partial charge in [0.25, 0.3) is 0 Å². The predicted octanol–water partition coefficient (Wildman–Crippen LogP) is 2.95. The van der Waals surface area contributed by atoms with Crippen LogP contribution >= 0.6 is 15.9 Å². The van der Waals surface area contributed by atoms with E-state index < -0.39 is 0 Å². The van der Waals surface area contributed by atoms with Gasteiger partial charge in [-0.2, -0.15) is 0 Å². The molecule has 0 bridgehead atoms. The zero-order valence-corrected chi connectivity index (χ0v) is 12.5. The normalized spacial score (nSPS) is 18.4. The van der Waals surface area contributed by atoms with Crippen LogP contribution in [0.2, 0.25) is 0 Å². The van der Waals surface area contributed by atoms with Crippen molar-refractivity contribution in [1.82, 2.24) is 15.3 Å². The summed E-state index contributed by atoms with van der Waals surface area (Å²) in [6.45, 7) is 4.40. The lowest BCUT2D eigenvalue weighted by Crippen LogP contribution is -2.45. The van der Waals surface area contributed by atoms with Crippen LogP contribution in [0.1, 0.15) is 19.8 Å². The Morgan fingerprint density at radius 2 is 2.11 bits per heavy atom. The molecule has 0 atom stereocenters. The van der Waals surface area contributed by atoms with E-state index in [-0.39, 0.29) is 5.54 Å². The number of halogens is 1. The first kappa shape index (κ1) is 12.8. The second kappa shape index (κ2) is 5.06. The number of fused-ring (bicyclic) bond motifs is 1. The molecule has 0 unspecified atom stereocenters. The van der Waals surface area contributed by atoms with Crippen molar-refractivity contribution in [2.75, 3.05) is 18.4 Å². The second-order valence-corrected chi connectivity index (χ2v) is 6.23. The Labute approximate surface area is 121 Å². The molecule has 19 heavy (non-hydrogen) atoms. The number of nitrogens with one attached hydrogen (secondary N) is 2. The van der Waals surface area contributed by atoms with Crippen molar-refractivity contribution >= 4 is 32.7 Å². The molecule has 0 aromatic carbocycles. The van der Waals surface area contributed by atoms with Crippen LogP contribution in [0.5, 0.6) is 0 Å². The molecule has 0 aliphatic carbocycles. The second-order valence-electron chi connectivity index (χ2n) is 5.32. The Kier molecular flexibility index (Phi) is 3.41. The summed E-state index contributed by atoms with van der Waals surface area (Å²) in [6.07, 6.45) is 5.89. The number of hydrogen-bond acceptors (Lipinski definition) is 4. The summed E-state index contributed by atoms with van der Waals surface area (Å²) in [7, 11) is 0. The van der Waals surface area contributed by atoms with Gasteiger partial charge in [-0.1, -0.05) is 0 Å². The van der Waals surface area contributed by atoms with Gasteiger partial charge in [-0.05, 0) is 60.9 Å². The molecule has 4 nitrogen and oxygen atoms in total. The van der Waals surface area contributed by atoms with Gasteiger partial charge in [0.2, 0.25) is 0 Å². The number of hydrogen-bond donors (Lipinski definition) is 2. The highest BCUT2D eigenvalue weighted by Crippen LogP contribution is 2.28. The first-order valence-electron chi connectivity index (χ1n) is 6.55. The molecule has 100 valence electrons. The first-order chi connectivity index (χ1) is 9.16. The van der Waals surface area contributed by atoms with Gasteiger partial charge in [0.05, 0.1) is 11.2 Å². The summed E-state index contributed by atoms with van der Waals surface area (Å²) < 4.78 is 0.956. The third kappa shape index (κ3) is 2.72. The SMILES string of the molecule is CC1(Nc2ccnc3cc(Br)cnc23)CCNCC1. The molecule has 1 aliphatic rings. The molecule has 2 aromatic rings. The van der Waals surface area contributed by atoms with Crippen LogP contribution in [0.25, 0.3) is 11.0 Å². The minimum atomic E-state index is 0.133. The smallest absolute Gasteiger partial charge is 0.112 e. The van der Waals surface area contributed by atoms with Gasteiger partial charge in [-0.25, -0.2) is 0 Å². The van der Waals surface area contributed by atoms with E-state index in [9.17, 15) is 0 Å². The number of rotatable bonds is 2. The molecular formula is C14H17BrN4. The van der Waals surface area contributed by atoms with Gasteiger partial charge < -0.3 is 10.6 Å². The number of piperidine rings is 1. The fourth-order valence-electron chi connectivity index (χ4n) is 2.54. The summed E-state index contributed by atoms with van der Waals surface area (Å²) in [5, 5.41) is 7.06. The molecular weight excluding hydrogens is 304 g/mol. The van der Waals surface area contributed by atoms with E-state index in [1.807, 2.05) is 24.5 Å². The predicted molar refractivity (Wildman–Crippen MR) is 81.4 cm³/mol. The van der Waals surface area contributed by atoms with E-state index in [1.54, 1.807) is 0 Å². The maximum atomic E-state index is 4.49. The molecule has 0 saturated carbocycles. The summed E-state index contributed by atoms with van der Waals surface area (Å²) in [4.78, 5) is 8.86. The molecule has 1 fully saturated rings. The molecule has 0 radical (unpaired) electrons. The molecule has 1 saturated heterocycles. The van der Waals surface area contributed by atoms with Crippen LogP contribution in [0.3, 0.4) is 0 Å². The van der Waals surface area contributed by atoms with E-state index in [4.69, 9.17) is 0 Å². The summed E-state index contributed by atoms with van der Waals surface area (Å²) in [6, 6.07) is 4.01. The minimum Gasteiger partial charge on any atom is -0.378 e. The molecule has 3 rings (SSSR count). The Bertz CT molecular complexity index is 593. The van der Waals surface area contributed by atoms with Crippen LogP contribution in [0, 0.1) is 0 Å². The third-order valence-electron chi connectivity index (χ3n) is 3.69. The largest absolute Gasteiger partial charge is 0.378 e. The van der Waals surface area contributed by atoms with Crippen molar-refractivity contribution < 1.29 is 0 Å². The van der Waals surface area contributed by atoms with Crippen molar-refractivity contribution in [3.63, 3.8) is 0 Å². The molecule has 3 heterocycles. The van der Waals surface area contributed by atoms with Crippen LogP contribution in [0.4, 0.5) is 5.69 Å². The molecule has 5 heteroatoms. The van der Waals surface area contributed by atoms with Gasteiger partial charge in [-0.3, -0.25) is 9.97 Å². The van der Waals surface area contributed by atoms with E-state index in [1.165, 1.54) is 0 Å².